The molecular weight excluding hydrogens is 276 g/mol. The Bertz CT molecular complexity index is 483. The van der Waals surface area contributed by atoms with E-state index in [-0.39, 0.29) is 16.7 Å². The van der Waals surface area contributed by atoms with Crippen molar-refractivity contribution in [2.75, 3.05) is 12.4 Å². The van der Waals surface area contributed by atoms with Gasteiger partial charge in [-0.1, -0.05) is 11.6 Å². The molecule has 1 saturated heterocycles. The topological polar surface area (TPSA) is 63.6 Å². The van der Waals surface area contributed by atoms with Crippen molar-refractivity contribution in [3.8, 4) is 0 Å². The Balaban J connectivity index is 2.14. The maximum absolute atomic E-state index is 12.1. The van der Waals surface area contributed by atoms with E-state index in [9.17, 15) is 9.00 Å². The van der Waals surface area contributed by atoms with Gasteiger partial charge in [0.1, 0.15) is 0 Å². The number of hydrogen-bond acceptors (Lipinski definition) is 3. The molecule has 0 saturated carbocycles. The molecule has 2 atom stereocenters. The second-order valence-electron chi connectivity index (χ2n) is 4.09. The quantitative estimate of drug-likeness (QED) is 0.923. The van der Waals surface area contributed by atoms with Gasteiger partial charge in [0.05, 0.1) is 33.2 Å². The standard InChI is InChI=1S/C12H13ClO4S/c13-11-4-3-9(6-10(11)12(14)15)18(16)7-8-2-1-5-17-8/h3-4,6,8H,1-2,5,7H2,(H,14,15). The Hall–Kier alpha value is -0.910. The van der Waals surface area contributed by atoms with Crippen LogP contribution in [0.5, 0.6) is 0 Å². The molecule has 18 heavy (non-hydrogen) atoms. The molecule has 0 amide bonds. The molecule has 0 aliphatic carbocycles. The summed E-state index contributed by atoms with van der Waals surface area (Å²) < 4.78 is 17.5. The van der Waals surface area contributed by atoms with E-state index < -0.39 is 16.8 Å². The second kappa shape index (κ2) is 5.82. The zero-order chi connectivity index (χ0) is 13.1. The van der Waals surface area contributed by atoms with Gasteiger partial charge in [0.2, 0.25) is 0 Å². The van der Waals surface area contributed by atoms with Crippen molar-refractivity contribution >= 4 is 28.4 Å². The van der Waals surface area contributed by atoms with E-state index >= 15 is 0 Å². The summed E-state index contributed by atoms with van der Waals surface area (Å²) in [5.41, 5.74) is -0.0187. The molecule has 1 aliphatic heterocycles. The van der Waals surface area contributed by atoms with Crippen molar-refractivity contribution in [1.29, 1.82) is 0 Å². The maximum atomic E-state index is 12.1. The van der Waals surface area contributed by atoms with E-state index in [1.54, 1.807) is 6.07 Å². The average Bonchev–Trinajstić information content (AvgIpc) is 2.81. The lowest BCUT2D eigenvalue weighted by atomic mass is 10.2. The molecule has 1 aliphatic rings. The lowest BCUT2D eigenvalue weighted by Gasteiger charge is -2.09. The first kappa shape index (κ1) is 13.5. The maximum Gasteiger partial charge on any atom is 0.337 e. The normalized spacial score (nSPS) is 20.8. The minimum absolute atomic E-state index is 0.00906. The molecule has 2 unspecified atom stereocenters. The zero-order valence-electron chi connectivity index (χ0n) is 9.60. The summed E-state index contributed by atoms with van der Waals surface area (Å²) in [5, 5.41) is 9.10. The van der Waals surface area contributed by atoms with Crippen LogP contribution in [0.1, 0.15) is 23.2 Å². The Morgan fingerprint density at radius 1 is 1.56 bits per heavy atom. The third kappa shape index (κ3) is 3.10. The molecule has 0 bridgehead atoms. The van der Waals surface area contributed by atoms with E-state index in [0.29, 0.717) is 17.3 Å². The Morgan fingerprint density at radius 2 is 2.33 bits per heavy atom. The number of rotatable bonds is 4. The lowest BCUT2D eigenvalue weighted by molar-refractivity contribution is 0.0697. The molecule has 2 rings (SSSR count). The molecule has 1 aromatic carbocycles. The molecule has 1 aromatic rings. The highest BCUT2D eigenvalue weighted by Gasteiger charge is 2.20. The molecule has 1 fully saturated rings. The molecule has 98 valence electrons. The van der Waals surface area contributed by atoms with Crippen molar-refractivity contribution < 1.29 is 18.8 Å². The van der Waals surface area contributed by atoms with Crippen molar-refractivity contribution in [3.05, 3.63) is 28.8 Å². The van der Waals surface area contributed by atoms with E-state index in [2.05, 4.69) is 0 Å². The van der Waals surface area contributed by atoms with Gasteiger partial charge in [0, 0.05) is 11.5 Å². The van der Waals surface area contributed by atoms with Crippen LogP contribution in [0.2, 0.25) is 5.02 Å². The summed E-state index contributed by atoms with van der Waals surface area (Å²) in [5.74, 6) is -0.711. The van der Waals surface area contributed by atoms with Gasteiger partial charge >= 0.3 is 5.97 Å². The highest BCUT2D eigenvalue weighted by atomic mass is 35.5. The molecule has 1 N–H and O–H groups in total. The molecule has 0 spiro atoms. The highest BCUT2D eigenvalue weighted by molar-refractivity contribution is 7.85. The molecular formula is C12H13ClO4S. The van der Waals surface area contributed by atoms with Crippen LogP contribution < -0.4 is 0 Å². The van der Waals surface area contributed by atoms with E-state index in [0.717, 1.165) is 12.8 Å². The fourth-order valence-corrected chi connectivity index (χ4v) is 3.31. The Morgan fingerprint density at radius 3 is 2.94 bits per heavy atom. The van der Waals surface area contributed by atoms with E-state index in [1.165, 1.54) is 12.1 Å². The van der Waals surface area contributed by atoms with E-state index in [4.69, 9.17) is 21.4 Å². The van der Waals surface area contributed by atoms with Crippen LogP contribution in [0.4, 0.5) is 0 Å². The van der Waals surface area contributed by atoms with Gasteiger partial charge < -0.3 is 9.84 Å². The minimum Gasteiger partial charge on any atom is -0.478 e. The summed E-state index contributed by atoms with van der Waals surface area (Å²) in [7, 11) is -1.26. The second-order valence-corrected chi connectivity index (χ2v) is 6.00. The minimum atomic E-state index is -1.26. The van der Waals surface area contributed by atoms with Crippen LogP contribution >= 0.6 is 11.6 Å². The predicted molar refractivity (Wildman–Crippen MR) is 68.7 cm³/mol. The molecule has 1 heterocycles. The molecule has 4 nitrogen and oxygen atoms in total. The number of halogens is 1. The van der Waals surface area contributed by atoms with Gasteiger partial charge in [-0.25, -0.2) is 4.79 Å². The average molecular weight is 289 g/mol. The fourth-order valence-electron chi connectivity index (χ4n) is 1.85. The smallest absolute Gasteiger partial charge is 0.337 e. The Kier molecular flexibility index (Phi) is 4.37. The number of hydrogen-bond donors (Lipinski definition) is 1. The van der Waals surface area contributed by atoms with Crippen molar-refractivity contribution in [3.63, 3.8) is 0 Å². The number of carboxylic acids is 1. The summed E-state index contributed by atoms with van der Waals surface area (Å²) in [4.78, 5) is 11.4. The number of carboxylic acid groups (broad SMARTS) is 1. The number of aromatic carboxylic acids is 1. The van der Waals surface area contributed by atoms with Crippen LogP contribution in [-0.4, -0.2) is 33.7 Å². The first-order valence-electron chi connectivity index (χ1n) is 5.61. The summed E-state index contributed by atoms with van der Waals surface area (Å²) in [6.45, 7) is 0.711. The monoisotopic (exact) mass is 288 g/mol. The van der Waals surface area contributed by atoms with Crippen LogP contribution in [0, 0.1) is 0 Å². The first-order valence-corrected chi connectivity index (χ1v) is 7.30. The van der Waals surface area contributed by atoms with Crippen LogP contribution in [0.15, 0.2) is 23.1 Å². The van der Waals surface area contributed by atoms with Gasteiger partial charge in [-0.2, -0.15) is 0 Å². The van der Waals surface area contributed by atoms with Crippen molar-refractivity contribution in [1.82, 2.24) is 0 Å². The fraction of sp³-hybridized carbons (Fsp3) is 0.417. The SMILES string of the molecule is O=C(O)c1cc(S(=O)CC2CCCO2)ccc1Cl. The third-order valence-corrected chi connectivity index (χ3v) is 4.58. The summed E-state index contributed by atoms with van der Waals surface area (Å²) in [6.07, 6.45) is 1.91. The number of ether oxygens (including phenoxy) is 1. The van der Waals surface area contributed by atoms with Crippen LogP contribution in [-0.2, 0) is 15.5 Å². The van der Waals surface area contributed by atoms with Gasteiger partial charge in [-0.15, -0.1) is 0 Å². The summed E-state index contributed by atoms with van der Waals surface area (Å²) in [6, 6.07) is 4.43. The lowest BCUT2D eigenvalue weighted by Crippen LogP contribution is -2.16. The summed E-state index contributed by atoms with van der Waals surface area (Å²) >= 11 is 5.76. The predicted octanol–water partition coefficient (Wildman–Crippen LogP) is 2.32. The van der Waals surface area contributed by atoms with Crippen LogP contribution in [0.25, 0.3) is 0 Å². The molecule has 0 radical (unpaired) electrons. The first-order chi connectivity index (χ1) is 8.58. The van der Waals surface area contributed by atoms with Crippen LogP contribution in [0.3, 0.4) is 0 Å². The van der Waals surface area contributed by atoms with E-state index in [1.807, 2.05) is 0 Å². The number of carbonyl (C=O) groups is 1. The Labute approximate surface area is 112 Å². The third-order valence-electron chi connectivity index (χ3n) is 2.79. The van der Waals surface area contributed by atoms with Gasteiger partial charge in [-0.3, -0.25) is 4.21 Å². The zero-order valence-corrected chi connectivity index (χ0v) is 11.2. The van der Waals surface area contributed by atoms with Gasteiger partial charge in [-0.05, 0) is 31.0 Å². The van der Waals surface area contributed by atoms with Gasteiger partial charge in [0.25, 0.3) is 0 Å². The van der Waals surface area contributed by atoms with Crippen molar-refractivity contribution in [2.45, 2.75) is 23.8 Å². The number of benzene rings is 1. The molecule has 6 heteroatoms. The van der Waals surface area contributed by atoms with Crippen molar-refractivity contribution in [2.24, 2.45) is 0 Å². The highest BCUT2D eigenvalue weighted by Crippen LogP contribution is 2.21. The molecule has 0 aromatic heterocycles. The largest absolute Gasteiger partial charge is 0.478 e. The van der Waals surface area contributed by atoms with Gasteiger partial charge in [0.15, 0.2) is 0 Å².